The fourth-order valence-corrected chi connectivity index (χ4v) is 2.13. The fourth-order valence-electron chi connectivity index (χ4n) is 1.88. The molecule has 1 aliphatic rings. The Labute approximate surface area is 117 Å². The van der Waals surface area contributed by atoms with Crippen LogP contribution in [0.1, 0.15) is 6.42 Å². The van der Waals surface area contributed by atoms with E-state index in [9.17, 15) is 0 Å². The van der Waals surface area contributed by atoms with Crippen LogP contribution in [0, 0.1) is 0 Å². The van der Waals surface area contributed by atoms with Gasteiger partial charge in [0.25, 0.3) is 0 Å². The van der Waals surface area contributed by atoms with E-state index >= 15 is 0 Å². The summed E-state index contributed by atoms with van der Waals surface area (Å²) in [4.78, 5) is 0. The molecule has 1 heterocycles. The van der Waals surface area contributed by atoms with Gasteiger partial charge in [-0.15, -0.1) is 0 Å². The van der Waals surface area contributed by atoms with E-state index < -0.39 is 0 Å². The topological polar surface area (TPSA) is 49.0 Å². The van der Waals surface area contributed by atoms with Crippen molar-refractivity contribution in [1.82, 2.24) is 0 Å². The van der Waals surface area contributed by atoms with E-state index in [-0.39, 0.29) is 6.10 Å². The highest BCUT2D eigenvalue weighted by molar-refractivity contribution is 6.32. The van der Waals surface area contributed by atoms with Gasteiger partial charge in [-0.25, -0.2) is 0 Å². The highest BCUT2D eigenvalue weighted by atomic mass is 35.5. The maximum Gasteiger partial charge on any atom is 0.147 e. The second-order valence-corrected chi connectivity index (χ2v) is 4.58. The Bertz CT molecular complexity index is 421. The van der Waals surface area contributed by atoms with Crippen LogP contribution in [-0.2, 0) is 9.47 Å². The van der Waals surface area contributed by atoms with Crippen molar-refractivity contribution >= 4 is 17.3 Å². The number of ether oxygens (including phenoxy) is 4. The van der Waals surface area contributed by atoms with Crippen LogP contribution < -0.4 is 14.8 Å². The predicted molar refractivity (Wildman–Crippen MR) is 73.4 cm³/mol. The van der Waals surface area contributed by atoms with Crippen molar-refractivity contribution in [3.63, 3.8) is 0 Å². The third-order valence-electron chi connectivity index (χ3n) is 2.97. The van der Waals surface area contributed by atoms with Crippen molar-refractivity contribution in [2.75, 3.05) is 39.5 Å². The van der Waals surface area contributed by atoms with Gasteiger partial charge in [-0.2, -0.15) is 0 Å². The van der Waals surface area contributed by atoms with Gasteiger partial charge >= 0.3 is 0 Å². The summed E-state index contributed by atoms with van der Waals surface area (Å²) < 4.78 is 21.1. The molecule has 0 aromatic heterocycles. The van der Waals surface area contributed by atoms with Gasteiger partial charge in [0.05, 0.1) is 37.6 Å². The van der Waals surface area contributed by atoms with Crippen LogP contribution in [0.4, 0.5) is 5.69 Å². The summed E-state index contributed by atoms with van der Waals surface area (Å²) in [6.07, 6.45) is 1.01. The monoisotopic (exact) mass is 287 g/mol. The van der Waals surface area contributed by atoms with Crippen molar-refractivity contribution < 1.29 is 18.9 Å². The summed E-state index contributed by atoms with van der Waals surface area (Å²) in [5.41, 5.74) is 0.823. The molecule has 0 spiro atoms. The van der Waals surface area contributed by atoms with Crippen molar-refractivity contribution in [3.05, 3.63) is 17.2 Å². The standard InChI is InChI=1S/C13H18ClNO4/c1-16-12-6-13(17-2)11(5-10(12)14)15-7-9-3-4-18-8-19-9/h5-6,9,15H,3-4,7-8H2,1-2H3. The van der Waals surface area contributed by atoms with Crippen LogP contribution in [0.5, 0.6) is 11.5 Å². The zero-order valence-electron chi connectivity index (χ0n) is 11.1. The van der Waals surface area contributed by atoms with Crippen LogP contribution in [0.15, 0.2) is 12.1 Å². The van der Waals surface area contributed by atoms with Crippen molar-refractivity contribution in [3.8, 4) is 11.5 Å². The lowest BCUT2D eigenvalue weighted by Gasteiger charge is -2.24. The smallest absolute Gasteiger partial charge is 0.147 e. The number of hydrogen-bond donors (Lipinski definition) is 1. The number of halogens is 1. The summed E-state index contributed by atoms with van der Waals surface area (Å²) in [6, 6.07) is 3.55. The first-order valence-electron chi connectivity index (χ1n) is 6.09. The molecule has 1 aliphatic heterocycles. The van der Waals surface area contributed by atoms with Gasteiger partial charge in [0.15, 0.2) is 0 Å². The van der Waals surface area contributed by atoms with E-state index in [4.69, 9.17) is 30.5 Å². The van der Waals surface area contributed by atoms with E-state index in [2.05, 4.69) is 5.32 Å². The second kappa shape index (κ2) is 6.84. The zero-order valence-corrected chi connectivity index (χ0v) is 11.8. The summed E-state index contributed by atoms with van der Waals surface area (Å²) in [6.45, 7) is 1.77. The molecule has 0 radical (unpaired) electrons. The molecule has 1 atom stereocenters. The normalized spacial score (nSPS) is 19.0. The summed E-state index contributed by atoms with van der Waals surface area (Å²) >= 11 is 6.11. The number of methoxy groups -OCH3 is 2. The molecule has 1 aromatic rings. The van der Waals surface area contributed by atoms with Gasteiger partial charge in [0.1, 0.15) is 18.3 Å². The molecule has 0 saturated carbocycles. The maximum absolute atomic E-state index is 6.11. The lowest BCUT2D eigenvalue weighted by atomic mass is 10.2. The largest absolute Gasteiger partial charge is 0.495 e. The molecular weight excluding hydrogens is 270 g/mol. The number of rotatable bonds is 5. The van der Waals surface area contributed by atoms with Crippen molar-refractivity contribution in [1.29, 1.82) is 0 Å². The van der Waals surface area contributed by atoms with E-state index in [0.717, 1.165) is 18.7 Å². The van der Waals surface area contributed by atoms with E-state index in [1.54, 1.807) is 26.4 Å². The zero-order chi connectivity index (χ0) is 13.7. The van der Waals surface area contributed by atoms with Crippen LogP contribution in [0.3, 0.4) is 0 Å². The number of benzene rings is 1. The fraction of sp³-hybridized carbons (Fsp3) is 0.538. The Morgan fingerprint density at radius 1 is 1.32 bits per heavy atom. The van der Waals surface area contributed by atoms with E-state index in [1.165, 1.54) is 0 Å². The number of anilines is 1. The highest BCUT2D eigenvalue weighted by Crippen LogP contribution is 2.35. The van der Waals surface area contributed by atoms with Gasteiger partial charge in [0, 0.05) is 12.6 Å². The Hall–Kier alpha value is -1.17. The van der Waals surface area contributed by atoms with Crippen molar-refractivity contribution in [2.45, 2.75) is 12.5 Å². The van der Waals surface area contributed by atoms with E-state index in [1.807, 2.05) is 0 Å². The molecule has 0 bridgehead atoms. The molecule has 106 valence electrons. The van der Waals surface area contributed by atoms with Crippen molar-refractivity contribution in [2.24, 2.45) is 0 Å². The Morgan fingerprint density at radius 2 is 2.11 bits per heavy atom. The molecule has 6 heteroatoms. The average Bonchev–Trinajstić information content (AvgIpc) is 2.46. The minimum atomic E-state index is 0.138. The quantitative estimate of drug-likeness (QED) is 0.902. The van der Waals surface area contributed by atoms with Crippen LogP contribution in [-0.4, -0.2) is 40.3 Å². The SMILES string of the molecule is COc1cc(OC)c(NCC2CCOCO2)cc1Cl. The van der Waals surface area contributed by atoms with Crippen LogP contribution >= 0.6 is 11.6 Å². The molecule has 1 N–H and O–H groups in total. The second-order valence-electron chi connectivity index (χ2n) is 4.17. The first-order chi connectivity index (χ1) is 9.24. The third kappa shape index (κ3) is 3.65. The average molecular weight is 288 g/mol. The lowest BCUT2D eigenvalue weighted by Crippen LogP contribution is -2.30. The Balaban J connectivity index is 2.04. The molecule has 0 amide bonds. The van der Waals surface area contributed by atoms with Gasteiger partial charge in [-0.05, 0) is 12.5 Å². The molecular formula is C13H18ClNO4. The first kappa shape index (κ1) is 14.2. The molecule has 19 heavy (non-hydrogen) atoms. The third-order valence-corrected chi connectivity index (χ3v) is 3.26. The summed E-state index contributed by atoms with van der Waals surface area (Å²) in [5.74, 6) is 1.28. The minimum Gasteiger partial charge on any atom is -0.495 e. The summed E-state index contributed by atoms with van der Waals surface area (Å²) in [7, 11) is 3.18. The van der Waals surface area contributed by atoms with Gasteiger partial charge in [-0.1, -0.05) is 11.6 Å². The van der Waals surface area contributed by atoms with E-state index in [0.29, 0.717) is 29.9 Å². The molecule has 5 nitrogen and oxygen atoms in total. The van der Waals surface area contributed by atoms with Gasteiger partial charge < -0.3 is 24.3 Å². The number of nitrogens with one attached hydrogen (secondary N) is 1. The predicted octanol–water partition coefficient (Wildman–Crippen LogP) is 2.53. The molecule has 0 aliphatic carbocycles. The molecule has 1 aromatic carbocycles. The highest BCUT2D eigenvalue weighted by Gasteiger charge is 2.15. The van der Waals surface area contributed by atoms with Crippen LogP contribution in [0.2, 0.25) is 5.02 Å². The van der Waals surface area contributed by atoms with Gasteiger partial charge in [-0.3, -0.25) is 0 Å². The minimum absolute atomic E-state index is 0.138. The Morgan fingerprint density at radius 3 is 2.74 bits per heavy atom. The Kier molecular flexibility index (Phi) is 5.13. The van der Waals surface area contributed by atoms with Crippen LogP contribution in [0.25, 0.3) is 0 Å². The molecule has 1 saturated heterocycles. The molecule has 1 unspecified atom stereocenters. The first-order valence-corrected chi connectivity index (χ1v) is 6.47. The molecule has 2 rings (SSSR count). The molecule has 1 fully saturated rings. The lowest BCUT2D eigenvalue weighted by molar-refractivity contribution is -0.133. The maximum atomic E-state index is 6.11. The van der Waals surface area contributed by atoms with Gasteiger partial charge in [0.2, 0.25) is 0 Å². The summed E-state index contributed by atoms with van der Waals surface area (Å²) in [5, 5.41) is 3.82. The number of hydrogen-bond acceptors (Lipinski definition) is 5.